The van der Waals surface area contributed by atoms with Crippen molar-refractivity contribution in [3.05, 3.63) is 58.7 Å². The predicted octanol–water partition coefficient (Wildman–Crippen LogP) is 11.4. The Morgan fingerprint density at radius 1 is 0.841 bits per heavy atom. The average molecular weight is 1080 g/mol. The Balaban J connectivity index is 0.974. The summed E-state index contributed by atoms with van der Waals surface area (Å²) >= 11 is 0. The Morgan fingerprint density at radius 2 is 1.54 bits per heavy atom. The molecule has 0 spiro atoms. The first-order valence-electron chi connectivity index (χ1n) is 22.8. The van der Waals surface area contributed by atoms with Crippen LogP contribution in [0.5, 0.6) is 11.5 Å². The lowest BCUT2D eigenvalue weighted by Crippen LogP contribution is -2.56. The van der Waals surface area contributed by atoms with Crippen LogP contribution >= 0.6 is 37.2 Å². The highest BCUT2D eigenvalue weighted by molar-refractivity contribution is 8.76. The molecule has 3 aliphatic rings. The van der Waals surface area contributed by atoms with E-state index in [-0.39, 0.29) is 68.5 Å². The van der Waals surface area contributed by atoms with E-state index in [1.807, 2.05) is 18.2 Å². The summed E-state index contributed by atoms with van der Waals surface area (Å²) in [4.78, 5) is 27.4. The molecule has 7 atom stereocenters. The van der Waals surface area contributed by atoms with Gasteiger partial charge in [0.05, 0.1) is 32.5 Å². The summed E-state index contributed by atoms with van der Waals surface area (Å²) in [5.41, 5.74) is -2.20. The van der Waals surface area contributed by atoms with Gasteiger partial charge in [0.1, 0.15) is 23.1 Å². The Hall–Kier alpha value is -1.56. The number of phosphoric acid groups is 2. The molecule has 2 fully saturated rings. The molecule has 394 valence electrons. The van der Waals surface area contributed by atoms with Gasteiger partial charge < -0.3 is 38.9 Å². The van der Waals surface area contributed by atoms with Crippen molar-refractivity contribution in [3.63, 3.8) is 0 Å². The van der Waals surface area contributed by atoms with Crippen molar-refractivity contribution >= 4 is 37.2 Å². The SMILES string of the molecule is COP(=O)(O)OCC(CCCOCCSSCCCNCc1c(F)cc(Oc2ccc3c(c2)CCC2C3CCC3(C)C(OCCCOC(C)(C(F)(F)F)C(F)(F)F)CCC23)cc1F)COP(=O)(O)O. The van der Waals surface area contributed by atoms with Crippen LogP contribution < -0.4 is 10.1 Å². The van der Waals surface area contributed by atoms with Gasteiger partial charge in [0.25, 0.3) is 5.60 Å². The Kier molecular flexibility index (Phi) is 21.6. The van der Waals surface area contributed by atoms with Crippen LogP contribution in [-0.4, -0.2) is 104 Å². The third-order valence-corrected chi connectivity index (χ3v) is 17.3. The Morgan fingerprint density at radius 3 is 2.22 bits per heavy atom. The molecule has 7 unspecified atom stereocenters. The van der Waals surface area contributed by atoms with Crippen LogP contribution in [0.4, 0.5) is 35.1 Å². The first-order chi connectivity index (χ1) is 32.4. The zero-order valence-corrected chi connectivity index (χ0v) is 42.1. The van der Waals surface area contributed by atoms with Crippen LogP contribution in [0, 0.1) is 34.8 Å². The standard InChI is InChI=1S/C44H63F8NO12P2S2/c1-41-15-14-34-33-11-9-31(23-30(33)8-10-35(34)37(41)12-13-40(41)61-18-6-19-62-42(2,43(47,48)49)44(50,51)52)65-32-24-38(45)36(39(46)25-32)26-53-16-5-21-68-69-22-20-60-17-4-7-29(27-63-66(54,55)56)28-64-67(57,58)59-3/h9,11,23-25,29,34-35,37,40,53H,4-8,10,12-22,26-28H2,1-3H3,(H,57,58)(H2,54,55,56). The molecule has 69 heavy (non-hydrogen) atoms. The van der Waals surface area contributed by atoms with Gasteiger partial charge in [-0.05, 0) is 124 Å². The van der Waals surface area contributed by atoms with Crippen LogP contribution in [-0.2, 0) is 49.9 Å². The van der Waals surface area contributed by atoms with Crippen molar-refractivity contribution < 1.29 is 91.5 Å². The second-order valence-corrected chi connectivity index (χ2v) is 23.5. The summed E-state index contributed by atoms with van der Waals surface area (Å²) in [6.45, 7) is 2.06. The topological polar surface area (TPSA) is 171 Å². The first-order valence-corrected chi connectivity index (χ1v) is 28.3. The van der Waals surface area contributed by atoms with Gasteiger partial charge >= 0.3 is 28.0 Å². The number of hydrogen-bond donors (Lipinski definition) is 4. The molecule has 0 radical (unpaired) electrons. The van der Waals surface area contributed by atoms with Gasteiger partial charge in [0.2, 0.25) is 0 Å². The van der Waals surface area contributed by atoms with Crippen molar-refractivity contribution in [2.45, 2.75) is 115 Å². The number of phosphoric ester groups is 2. The lowest BCUT2D eigenvalue weighted by atomic mass is 9.55. The van der Waals surface area contributed by atoms with Crippen molar-refractivity contribution in [1.29, 1.82) is 0 Å². The fourth-order valence-electron chi connectivity index (χ4n) is 9.60. The van der Waals surface area contributed by atoms with Crippen molar-refractivity contribution in [1.82, 2.24) is 5.32 Å². The fraction of sp³-hybridized carbons (Fsp3) is 0.727. The molecule has 0 heterocycles. The minimum Gasteiger partial charge on any atom is -0.457 e. The number of nitrogens with one attached hydrogen (secondary N) is 1. The maximum absolute atomic E-state index is 15.2. The van der Waals surface area contributed by atoms with E-state index in [0.717, 1.165) is 63.4 Å². The lowest BCUT2D eigenvalue weighted by molar-refractivity contribution is -0.374. The highest BCUT2D eigenvalue weighted by Crippen LogP contribution is 2.62. The van der Waals surface area contributed by atoms with E-state index in [4.69, 9.17) is 28.5 Å². The molecule has 4 N–H and O–H groups in total. The van der Waals surface area contributed by atoms with Gasteiger partial charge in [-0.2, -0.15) is 26.3 Å². The molecule has 0 bridgehead atoms. The number of hydrogen-bond acceptors (Lipinski definition) is 12. The molecule has 2 aromatic carbocycles. The monoisotopic (exact) mass is 1080 g/mol. The zero-order chi connectivity index (χ0) is 50.7. The molecule has 0 amide bonds. The van der Waals surface area contributed by atoms with Gasteiger partial charge in [-0.15, -0.1) is 0 Å². The maximum atomic E-state index is 15.2. The molecular weight excluding hydrogens is 1010 g/mol. The van der Waals surface area contributed by atoms with Crippen LogP contribution in [0.1, 0.15) is 94.2 Å². The normalized spacial score (nSPS) is 23.3. The minimum atomic E-state index is -5.61. The minimum absolute atomic E-state index is 0.000504. The molecule has 0 aromatic heterocycles. The summed E-state index contributed by atoms with van der Waals surface area (Å²) < 4.78 is 168. The molecule has 3 aliphatic carbocycles. The maximum Gasteiger partial charge on any atom is 0.471 e. The van der Waals surface area contributed by atoms with Crippen molar-refractivity contribution in [2.75, 3.05) is 64.8 Å². The Bertz CT molecular complexity index is 2020. The van der Waals surface area contributed by atoms with Crippen molar-refractivity contribution in [3.8, 4) is 11.5 Å². The number of benzene rings is 2. The number of ether oxygens (including phenoxy) is 4. The molecule has 0 aliphatic heterocycles. The second kappa shape index (κ2) is 25.6. The summed E-state index contributed by atoms with van der Waals surface area (Å²) in [5.74, 6) is 0.928. The van der Waals surface area contributed by atoms with Crippen LogP contribution in [0.2, 0.25) is 0 Å². The molecule has 13 nitrogen and oxygen atoms in total. The third kappa shape index (κ3) is 16.5. The number of halogens is 8. The van der Waals surface area contributed by atoms with Crippen LogP contribution in [0.3, 0.4) is 0 Å². The molecule has 0 saturated heterocycles. The summed E-state index contributed by atoms with van der Waals surface area (Å²) in [6, 6.07) is 8.11. The van der Waals surface area contributed by atoms with E-state index < -0.39 is 57.8 Å². The van der Waals surface area contributed by atoms with E-state index in [2.05, 4.69) is 26.0 Å². The second-order valence-electron chi connectivity index (χ2n) is 18.0. The molecule has 2 saturated carbocycles. The highest BCUT2D eigenvalue weighted by Gasteiger charge is 2.69. The number of aryl methyl sites for hydroxylation is 1. The molecule has 2 aromatic rings. The van der Waals surface area contributed by atoms with Crippen LogP contribution in [0.25, 0.3) is 0 Å². The lowest BCUT2D eigenvalue weighted by Gasteiger charge is -2.50. The van der Waals surface area contributed by atoms with E-state index in [0.29, 0.717) is 55.9 Å². The largest absolute Gasteiger partial charge is 0.471 e. The van der Waals surface area contributed by atoms with E-state index >= 15 is 8.78 Å². The average Bonchev–Trinajstić information content (AvgIpc) is 3.60. The van der Waals surface area contributed by atoms with Gasteiger partial charge in [0, 0.05) is 62.0 Å². The van der Waals surface area contributed by atoms with Gasteiger partial charge in [0.15, 0.2) is 0 Å². The third-order valence-electron chi connectivity index (χ3n) is 13.4. The van der Waals surface area contributed by atoms with Crippen molar-refractivity contribution in [2.24, 2.45) is 23.2 Å². The molecule has 25 heteroatoms. The van der Waals surface area contributed by atoms with E-state index in [1.54, 1.807) is 21.6 Å². The summed E-state index contributed by atoms with van der Waals surface area (Å²) in [7, 11) is -4.76. The van der Waals surface area contributed by atoms with Gasteiger partial charge in [-0.25, -0.2) is 17.9 Å². The van der Waals surface area contributed by atoms with Gasteiger partial charge in [-0.1, -0.05) is 34.6 Å². The first kappa shape index (κ1) is 58.3. The molecular formula is C44H63F8NO12P2S2. The highest BCUT2D eigenvalue weighted by atomic mass is 33.1. The predicted molar refractivity (Wildman–Crippen MR) is 244 cm³/mol. The van der Waals surface area contributed by atoms with Crippen LogP contribution in [0.15, 0.2) is 30.3 Å². The Labute approximate surface area is 405 Å². The fourth-order valence-corrected chi connectivity index (χ4v) is 12.5. The number of alkyl halides is 6. The summed E-state index contributed by atoms with van der Waals surface area (Å²) in [5, 5.41) is 3.09. The molecule has 5 rings (SSSR count). The number of rotatable bonds is 29. The quantitative estimate of drug-likeness (QED) is 0.0262. The van der Waals surface area contributed by atoms with E-state index in [1.165, 1.54) is 17.7 Å². The smallest absolute Gasteiger partial charge is 0.457 e. The summed E-state index contributed by atoms with van der Waals surface area (Å²) in [6.07, 6.45) is -4.82. The zero-order valence-electron chi connectivity index (χ0n) is 38.7. The number of fused-ring (bicyclic) bond motifs is 5. The van der Waals surface area contributed by atoms with E-state index in [9.17, 15) is 40.4 Å². The van der Waals surface area contributed by atoms with Gasteiger partial charge in [-0.3, -0.25) is 13.6 Å².